The topological polar surface area (TPSA) is 25.8 Å². The maximum absolute atomic E-state index is 4.30. The van der Waals surface area contributed by atoms with Crippen molar-refractivity contribution in [3.63, 3.8) is 0 Å². The summed E-state index contributed by atoms with van der Waals surface area (Å²) in [5, 5.41) is 0. The molecule has 0 saturated heterocycles. The second-order valence-electron chi connectivity index (χ2n) is 2.60. The van der Waals surface area contributed by atoms with Gasteiger partial charge in [-0.05, 0) is 0 Å². The van der Waals surface area contributed by atoms with E-state index in [1.165, 1.54) is 41.1 Å². The van der Waals surface area contributed by atoms with Crippen LogP contribution in [0.3, 0.4) is 0 Å². The third-order valence-corrected chi connectivity index (χ3v) is 2.40. The summed E-state index contributed by atoms with van der Waals surface area (Å²) in [4.78, 5) is 8.52. The van der Waals surface area contributed by atoms with Crippen LogP contribution in [0.25, 0.3) is 0 Å². The van der Waals surface area contributed by atoms with Crippen molar-refractivity contribution in [3.8, 4) is 0 Å². The summed E-state index contributed by atoms with van der Waals surface area (Å²) in [6, 6.07) is 0. The van der Waals surface area contributed by atoms with Crippen molar-refractivity contribution in [1.82, 2.24) is 9.97 Å². The third kappa shape index (κ3) is 1.31. The number of hydrogen-bond acceptors (Lipinski definition) is 2. The minimum atomic E-state index is 0.740. The van der Waals surface area contributed by atoms with Gasteiger partial charge in [0.2, 0.25) is 0 Å². The van der Waals surface area contributed by atoms with Crippen LogP contribution >= 0.6 is 0 Å². The van der Waals surface area contributed by atoms with Crippen molar-refractivity contribution in [1.29, 1.82) is 0 Å². The van der Waals surface area contributed by atoms with E-state index >= 15 is 0 Å². The van der Waals surface area contributed by atoms with Crippen LogP contribution in [-0.4, -0.2) is 32.5 Å². The van der Waals surface area contributed by atoms with E-state index in [1.807, 2.05) is 12.4 Å². The molecule has 49 valence electrons. The summed E-state index contributed by atoms with van der Waals surface area (Å²) in [7, 11) is 0. The summed E-state index contributed by atoms with van der Waals surface area (Å²) in [6.45, 7) is 0. The van der Waals surface area contributed by atoms with E-state index in [0.29, 0.717) is 0 Å². The second-order valence-corrected chi connectivity index (χ2v) is 4.06. The monoisotopic (exact) mass is 239 g/mol. The average molecular weight is 238 g/mol. The Hall–Kier alpha value is -0.121. The molecule has 1 saturated carbocycles. The van der Waals surface area contributed by atoms with Crippen molar-refractivity contribution in [3.05, 3.63) is 18.1 Å². The van der Waals surface area contributed by atoms with Gasteiger partial charge in [-0.25, -0.2) is 0 Å². The van der Waals surface area contributed by atoms with Crippen molar-refractivity contribution in [2.24, 2.45) is 0 Å². The molecule has 0 aliphatic heterocycles. The van der Waals surface area contributed by atoms with Gasteiger partial charge in [0.05, 0.1) is 0 Å². The summed E-state index contributed by atoms with van der Waals surface area (Å²) < 4.78 is 1.09. The fraction of sp³-hybridized carbons (Fsp3) is 0.429. The van der Waals surface area contributed by atoms with Crippen LogP contribution in [0.4, 0.5) is 0 Å². The zero-order valence-electron chi connectivity index (χ0n) is 5.54. The molecule has 0 aromatic carbocycles. The molecule has 2 nitrogen and oxygen atoms in total. The van der Waals surface area contributed by atoms with Gasteiger partial charge in [-0.15, -0.1) is 0 Å². The second kappa shape index (κ2) is 2.49. The number of rotatable bonds is 1. The molecule has 2 rings (SSSR count). The summed E-state index contributed by atoms with van der Waals surface area (Å²) in [5.41, 5.74) is 1.19. The van der Waals surface area contributed by atoms with Crippen LogP contribution in [0.2, 0.25) is 0 Å². The van der Waals surface area contributed by atoms with Gasteiger partial charge >= 0.3 is 73.0 Å². The fourth-order valence-corrected chi connectivity index (χ4v) is 1.30. The summed E-state index contributed by atoms with van der Waals surface area (Å²) in [5.74, 6) is 0.740. The standard InChI is InChI=1S/C7H7N2.Sn/c1-2-6(1)7-5-8-3-4-9-7;/h4-6H,1-2H2;. The number of aromatic nitrogens is 2. The van der Waals surface area contributed by atoms with Crippen molar-refractivity contribution >= 4 is 26.2 Å². The van der Waals surface area contributed by atoms with Crippen LogP contribution in [0.15, 0.2) is 12.4 Å². The van der Waals surface area contributed by atoms with Crippen LogP contribution in [0.5, 0.6) is 0 Å². The zero-order valence-corrected chi connectivity index (χ0v) is 8.39. The molecule has 3 heteroatoms. The van der Waals surface area contributed by atoms with Crippen LogP contribution in [-0.2, 0) is 0 Å². The van der Waals surface area contributed by atoms with Crippen molar-refractivity contribution in [2.75, 3.05) is 0 Å². The molecule has 1 aliphatic rings. The molecule has 10 heavy (non-hydrogen) atoms. The molecule has 1 heterocycles. The summed E-state index contributed by atoms with van der Waals surface area (Å²) >= 11 is 1.35. The first kappa shape index (κ1) is 6.58. The van der Waals surface area contributed by atoms with Gasteiger partial charge in [0.1, 0.15) is 0 Å². The molecular weight excluding hydrogens is 231 g/mol. The van der Waals surface area contributed by atoms with Gasteiger partial charge in [-0.1, -0.05) is 0 Å². The molecular formula is C7H7N2Sn. The van der Waals surface area contributed by atoms with Gasteiger partial charge in [-0.2, -0.15) is 0 Å². The Morgan fingerprint density at radius 1 is 1.30 bits per heavy atom. The van der Waals surface area contributed by atoms with Gasteiger partial charge in [0.15, 0.2) is 0 Å². The fourth-order valence-electron chi connectivity index (χ4n) is 0.928. The first-order chi connectivity index (χ1) is 4.86. The van der Waals surface area contributed by atoms with E-state index in [-0.39, 0.29) is 0 Å². The van der Waals surface area contributed by atoms with Crippen LogP contribution in [0.1, 0.15) is 24.5 Å². The Labute approximate surface area is 73.2 Å². The first-order valence-corrected chi connectivity index (χ1v) is 4.82. The Kier molecular flexibility index (Phi) is 1.64. The van der Waals surface area contributed by atoms with E-state index in [9.17, 15) is 0 Å². The Bertz CT molecular complexity index is 228. The molecule has 0 unspecified atom stereocenters. The molecule has 3 radical (unpaired) electrons. The average Bonchev–Trinajstić information content (AvgIpc) is 2.71. The Morgan fingerprint density at radius 3 is 2.60 bits per heavy atom. The van der Waals surface area contributed by atoms with E-state index < -0.39 is 0 Å². The third-order valence-electron chi connectivity index (χ3n) is 1.67. The Morgan fingerprint density at radius 2 is 2.10 bits per heavy atom. The maximum atomic E-state index is 4.30. The molecule has 0 N–H and O–H groups in total. The van der Waals surface area contributed by atoms with Crippen LogP contribution in [0, 0.1) is 0 Å². The number of nitrogens with zero attached hydrogens (tertiary/aromatic N) is 2. The number of hydrogen-bond donors (Lipinski definition) is 0. The minimum absolute atomic E-state index is 0.740. The van der Waals surface area contributed by atoms with E-state index in [1.54, 1.807) is 0 Å². The van der Waals surface area contributed by atoms with Gasteiger partial charge in [0, 0.05) is 0 Å². The predicted octanol–water partition coefficient (Wildman–Crippen LogP) is 0.148. The zero-order chi connectivity index (χ0) is 6.97. The molecule has 0 bridgehead atoms. The molecule has 0 amide bonds. The van der Waals surface area contributed by atoms with Crippen molar-refractivity contribution in [2.45, 2.75) is 18.8 Å². The SMILES string of the molecule is [Sn][c]1cnc(C2CC2)cn1. The molecule has 1 aromatic rings. The molecule has 0 atom stereocenters. The van der Waals surface area contributed by atoms with Crippen LogP contribution < -0.4 is 3.71 Å². The predicted molar refractivity (Wildman–Crippen MR) is 39.4 cm³/mol. The van der Waals surface area contributed by atoms with Gasteiger partial charge in [-0.3, -0.25) is 0 Å². The van der Waals surface area contributed by atoms with Crippen molar-refractivity contribution < 1.29 is 0 Å². The van der Waals surface area contributed by atoms with E-state index in [2.05, 4.69) is 9.97 Å². The van der Waals surface area contributed by atoms with Gasteiger partial charge in [0.25, 0.3) is 0 Å². The normalized spacial score (nSPS) is 17.3. The van der Waals surface area contributed by atoms with E-state index in [0.717, 1.165) is 9.63 Å². The quantitative estimate of drug-likeness (QED) is 0.650. The Balaban J connectivity index is 2.28. The molecule has 0 spiro atoms. The van der Waals surface area contributed by atoms with E-state index in [4.69, 9.17) is 0 Å². The molecule has 1 aromatic heterocycles. The first-order valence-electron chi connectivity index (χ1n) is 3.40. The molecule has 1 fully saturated rings. The molecule has 1 aliphatic carbocycles. The summed E-state index contributed by atoms with van der Waals surface area (Å²) in [6.07, 6.45) is 6.42. The van der Waals surface area contributed by atoms with Gasteiger partial charge < -0.3 is 0 Å².